The summed E-state index contributed by atoms with van der Waals surface area (Å²) in [6.45, 7) is 5.30. The third kappa shape index (κ3) is 5.30. The van der Waals surface area contributed by atoms with Crippen LogP contribution in [0.1, 0.15) is 36.8 Å². The van der Waals surface area contributed by atoms with Crippen molar-refractivity contribution in [2.45, 2.75) is 38.8 Å². The third-order valence-electron chi connectivity index (χ3n) is 4.03. The molecule has 0 spiro atoms. The highest BCUT2D eigenvalue weighted by atomic mass is 16.5. The molecule has 118 valence electrons. The Morgan fingerprint density at radius 2 is 2.05 bits per heavy atom. The van der Waals surface area contributed by atoms with E-state index in [4.69, 9.17) is 9.84 Å². The van der Waals surface area contributed by atoms with Crippen LogP contribution in [-0.4, -0.2) is 43.4 Å². The van der Waals surface area contributed by atoms with Gasteiger partial charge in [0, 0.05) is 25.3 Å². The average molecular weight is 292 g/mol. The predicted octanol–water partition coefficient (Wildman–Crippen LogP) is 2.15. The quantitative estimate of drug-likeness (QED) is 0.721. The van der Waals surface area contributed by atoms with Gasteiger partial charge in [0.15, 0.2) is 0 Å². The lowest BCUT2D eigenvalue weighted by Gasteiger charge is -2.26. The second-order valence-electron chi connectivity index (χ2n) is 5.74. The number of likely N-dealkylation sites (tertiary alicyclic amines) is 1. The maximum absolute atomic E-state index is 8.79. The summed E-state index contributed by atoms with van der Waals surface area (Å²) in [5.41, 5.74) is 2.51. The van der Waals surface area contributed by atoms with Crippen LogP contribution < -0.4 is 10.1 Å². The monoisotopic (exact) mass is 292 g/mol. The van der Waals surface area contributed by atoms with Crippen LogP contribution in [0.15, 0.2) is 18.2 Å². The van der Waals surface area contributed by atoms with Crippen molar-refractivity contribution in [3.05, 3.63) is 29.3 Å². The van der Waals surface area contributed by atoms with E-state index in [0.29, 0.717) is 0 Å². The zero-order valence-electron chi connectivity index (χ0n) is 13.1. The molecule has 0 bridgehead atoms. The van der Waals surface area contributed by atoms with Crippen LogP contribution in [0.4, 0.5) is 0 Å². The van der Waals surface area contributed by atoms with Crippen molar-refractivity contribution in [1.82, 2.24) is 10.2 Å². The van der Waals surface area contributed by atoms with E-state index in [1.54, 1.807) is 7.11 Å². The first-order valence-corrected chi connectivity index (χ1v) is 8.03. The van der Waals surface area contributed by atoms with Gasteiger partial charge in [0.1, 0.15) is 5.75 Å². The van der Waals surface area contributed by atoms with Gasteiger partial charge in [-0.3, -0.25) is 4.90 Å². The van der Waals surface area contributed by atoms with Crippen molar-refractivity contribution in [3.63, 3.8) is 0 Å². The van der Waals surface area contributed by atoms with Gasteiger partial charge in [-0.2, -0.15) is 0 Å². The van der Waals surface area contributed by atoms with Crippen LogP contribution in [-0.2, 0) is 13.1 Å². The number of ether oxygens (including phenoxy) is 1. The van der Waals surface area contributed by atoms with Gasteiger partial charge in [0.05, 0.1) is 7.11 Å². The summed E-state index contributed by atoms with van der Waals surface area (Å²) >= 11 is 0. The fourth-order valence-corrected chi connectivity index (χ4v) is 2.84. The summed E-state index contributed by atoms with van der Waals surface area (Å²) < 4.78 is 5.52. The first-order valence-electron chi connectivity index (χ1n) is 8.03. The first-order chi connectivity index (χ1) is 10.3. The Morgan fingerprint density at radius 1 is 1.24 bits per heavy atom. The molecular formula is C17H28N2O2. The number of nitrogens with one attached hydrogen (secondary N) is 1. The summed E-state index contributed by atoms with van der Waals surface area (Å²) in [4.78, 5) is 2.53. The molecule has 1 aromatic rings. The van der Waals surface area contributed by atoms with Crippen LogP contribution in [0.25, 0.3) is 0 Å². The van der Waals surface area contributed by atoms with E-state index in [0.717, 1.165) is 31.8 Å². The van der Waals surface area contributed by atoms with Crippen molar-refractivity contribution < 1.29 is 9.84 Å². The molecule has 1 aliphatic rings. The minimum atomic E-state index is 0.235. The molecule has 4 nitrogen and oxygen atoms in total. The smallest absolute Gasteiger partial charge is 0.123 e. The van der Waals surface area contributed by atoms with E-state index in [-0.39, 0.29) is 6.61 Å². The van der Waals surface area contributed by atoms with Crippen molar-refractivity contribution in [2.75, 3.05) is 33.4 Å². The highest BCUT2D eigenvalue weighted by Crippen LogP contribution is 2.22. The highest BCUT2D eigenvalue weighted by molar-refractivity contribution is 5.37. The molecule has 1 aliphatic heterocycles. The maximum Gasteiger partial charge on any atom is 0.123 e. The molecule has 0 amide bonds. The Kier molecular flexibility index (Phi) is 7.00. The predicted molar refractivity (Wildman–Crippen MR) is 85.5 cm³/mol. The summed E-state index contributed by atoms with van der Waals surface area (Å²) in [6, 6.07) is 6.53. The third-order valence-corrected chi connectivity index (χ3v) is 4.03. The van der Waals surface area contributed by atoms with Gasteiger partial charge in [0.25, 0.3) is 0 Å². The molecule has 21 heavy (non-hydrogen) atoms. The summed E-state index contributed by atoms with van der Waals surface area (Å²) in [5, 5.41) is 12.1. The molecule has 1 saturated heterocycles. The number of hydrogen-bond donors (Lipinski definition) is 2. The Bertz CT molecular complexity index is 417. The molecule has 1 heterocycles. The fraction of sp³-hybridized carbons (Fsp3) is 0.647. The molecule has 0 radical (unpaired) electrons. The topological polar surface area (TPSA) is 44.7 Å². The highest BCUT2D eigenvalue weighted by Gasteiger charge is 2.11. The van der Waals surface area contributed by atoms with E-state index >= 15 is 0 Å². The van der Waals surface area contributed by atoms with E-state index in [2.05, 4.69) is 28.4 Å². The second kappa shape index (κ2) is 9.03. The fourth-order valence-electron chi connectivity index (χ4n) is 2.84. The number of rotatable bonds is 8. The van der Waals surface area contributed by atoms with Crippen molar-refractivity contribution in [3.8, 4) is 5.75 Å². The number of aliphatic hydroxyl groups excluding tert-OH is 1. The number of benzene rings is 1. The average Bonchev–Trinajstić information content (AvgIpc) is 2.53. The van der Waals surface area contributed by atoms with E-state index in [1.165, 1.54) is 43.5 Å². The number of piperidine rings is 1. The van der Waals surface area contributed by atoms with E-state index in [1.807, 2.05) is 0 Å². The number of nitrogens with zero attached hydrogens (tertiary/aromatic N) is 1. The zero-order valence-corrected chi connectivity index (χ0v) is 13.1. The van der Waals surface area contributed by atoms with Crippen molar-refractivity contribution in [1.29, 1.82) is 0 Å². The lowest BCUT2D eigenvalue weighted by Crippen LogP contribution is -2.29. The molecule has 0 atom stereocenters. The molecule has 2 rings (SSSR count). The molecule has 2 N–H and O–H groups in total. The van der Waals surface area contributed by atoms with Gasteiger partial charge in [-0.05, 0) is 50.5 Å². The molecule has 1 aromatic carbocycles. The molecule has 4 heteroatoms. The second-order valence-corrected chi connectivity index (χ2v) is 5.74. The van der Waals surface area contributed by atoms with Gasteiger partial charge < -0.3 is 15.2 Å². The minimum Gasteiger partial charge on any atom is -0.496 e. The number of aliphatic hydroxyl groups is 1. The van der Waals surface area contributed by atoms with Crippen molar-refractivity contribution >= 4 is 0 Å². The Balaban J connectivity index is 1.91. The lowest BCUT2D eigenvalue weighted by molar-refractivity contribution is 0.220. The number of hydrogen-bond acceptors (Lipinski definition) is 4. The number of methoxy groups -OCH3 is 1. The summed E-state index contributed by atoms with van der Waals surface area (Å²) in [6.07, 6.45) is 4.81. The van der Waals surface area contributed by atoms with Crippen LogP contribution in [0.3, 0.4) is 0 Å². The SMILES string of the molecule is COc1cc(CN2CCCCC2)ccc1CNCCCO. The Hall–Kier alpha value is -1.10. The molecule has 0 aromatic heterocycles. The van der Waals surface area contributed by atoms with Gasteiger partial charge in [-0.15, -0.1) is 0 Å². The summed E-state index contributed by atoms with van der Waals surface area (Å²) in [5.74, 6) is 0.959. The zero-order chi connectivity index (χ0) is 14.9. The van der Waals surface area contributed by atoms with Gasteiger partial charge in [-0.25, -0.2) is 0 Å². The van der Waals surface area contributed by atoms with Crippen LogP contribution in [0.5, 0.6) is 5.75 Å². The van der Waals surface area contributed by atoms with Crippen LogP contribution in [0, 0.1) is 0 Å². The molecule has 0 unspecified atom stereocenters. The van der Waals surface area contributed by atoms with Crippen LogP contribution in [0.2, 0.25) is 0 Å². The maximum atomic E-state index is 8.79. The summed E-state index contributed by atoms with van der Waals surface area (Å²) in [7, 11) is 1.73. The first kappa shape index (κ1) is 16.3. The molecule has 0 saturated carbocycles. The van der Waals surface area contributed by atoms with Gasteiger partial charge in [0.2, 0.25) is 0 Å². The largest absolute Gasteiger partial charge is 0.496 e. The lowest BCUT2D eigenvalue weighted by atomic mass is 10.1. The van der Waals surface area contributed by atoms with E-state index in [9.17, 15) is 0 Å². The van der Waals surface area contributed by atoms with Gasteiger partial charge >= 0.3 is 0 Å². The molecular weight excluding hydrogens is 264 g/mol. The van der Waals surface area contributed by atoms with Crippen molar-refractivity contribution in [2.24, 2.45) is 0 Å². The molecule has 1 fully saturated rings. The minimum absolute atomic E-state index is 0.235. The molecule has 0 aliphatic carbocycles. The van der Waals surface area contributed by atoms with Crippen LogP contribution >= 0.6 is 0 Å². The Morgan fingerprint density at radius 3 is 2.76 bits per heavy atom. The normalized spacial score (nSPS) is 16.1. The van der Waals surface area contributed by atoms with E-state index < -0.39 is 0 Å². The van der Waals surface area contributed by atoms with Gasteiger partial charge in [-0.1, -0.05) is 18.6 Å². The Labute approximate surface area is 128 Å². The standard InChI is InChI=1S/C17H28N2O2/c1-21-17-12-15(14-19-9-3-2-4-10-19)6-7-16(17)13-18-8-5-11-20/h6-7,12,18,20H,2-5,8-11,13-14H2,1H3.